The van der Waals surface area contributed by atoms with Crippen LogP contribution in [0.5, 0.6) is 0 Å². The van der Waals surface area contributed by atoms with Gasteiger partial charge in [0.05, 0.1) is 22.7 Å². The Morgan fingerprint density at radius 1 is 1.18 bits per heavy atom. The molecule has 6 nitrogen and oxygen atoms in total. The third kappa shape index (κ3) is 3.40. The molecule has 1 heterocycles. The van der Waals surface area contributed by atoms with Crippen LogP contribution in [0.3, 0.4) is 0 Å². The monoisotopic (exact) mass is 409 g/mol. The highest BCUT2D eigenvalue weighted by molar-refractivity contribution is 7.97. The summed E-state index contributed by atoms with van der Waals surface area (Å²) < 4.78 is 41.2. The van der Waals surface area contributed by atoms with E-state index in [9.17, 15) is 27.9 Å². The third-order valence-electron chi connectivity index (χ3n) is 4.54. The van der Waals surface area contributed by atoms with Gasteiger partial charge in [0.25, 0.3) is 5.91 Å². The zero-order chi connectivity index (χ0) is 20.0. The van der Waals surface area contributed by atoms with Crippen LogP contribution < -0.4 is 10.6 Å². The van der Waals surface area contributed by atoms with Crippen LogP contribution in [-0.4, -0.2) is 33.5 Å². The lowest BCUT2D eigenvalue weighted by Crippen LogP contribution is -2.49. The fourth-order valence-electron chi connectivity index (χ4n) is 2.98. The summed E-state index contributed by atoms with van der Waals surface area (Å²) in [6, 6.07) is 5.51. The van der Waals surface area contributed by atoms with Crippen LogP contribution >= 0.6 is 11.9 Å². The molecule has 0 aromatic heterocycles. The number of halogens is 3. The van der Waals surface area contributed by atoms with Crippen molar-refractivity contribution in [2.45, 2.75) is 29.9 Å². The first-order valence-corrected chi connectivity index (χ1v) is 9.15. The Morgan fingerprint density at radius 2 is 1.86 bits per heavy atom. The molecule has 4 rings (SSSR count). The molecule has 0 saturated heterocycles. The van der Waals surface area contributed by atoms with Crippen molar-refractivity contribution in [3.05, 3.63) is 53.3 Å². The maximum Gasteiger partial charge on any atom is 0.332 e. The molecule has 2 aromatic rings. The van der Waals surface area contributed by atoms with Gasteiger partial charge in [-0.25, -0.2) is 18.0 Å². The van der Waals surface area contributed by atoms with Gasteiger partial charge in [0.15, 0.2) is 17.5 Å². The number of hydrogen-bond donors (Lipinski definition) is 3. The van der Waals surface area contributed by atoms with Gasteiger partial charge in [0.2, 0.25) is 0 Å². The molecule has 0 bridgehead atoms. The number of nitrogens with one attached hydrogen (secondary N) is 2. The second-order valence-electron chi connectivity index (χ2n) is 6.55. The Labute approximate surface area is 161 Å². The summed E-state index contributed by atoms with van der Waals surface area (Å²) >= 11 is 1.16. The second-order valence-corrected chi connectivity index (χ2v) is 7.56. The Hall–Kier alpha value is -2.72. The van der Waals surface area contributed by atoms with Gasteiger partial charge >= 0.3 is 6.03 Å². The Bertz CT molecular complexity index is 959. The number of nitrogens with zero attached hydrogens (tertiary/aromatic N) is 1. The quantitative estimate of drug-likeness (QED) is 0.533. The average molecular weight is 409 g/mol. The molecule has 10 heteroatoms. The predicted molar refractivity (Wildman–Crippen MR) is 96.5 cm³/mol. The van der Waals surface area contributed by atoms with Gasteiger partial charge in [-0.15, -0.1) is 0 Å². The maximum absolute atomic E-state index is 13.3. The van der Waals surface area contributed by atoms with Gasteiger partial charge in [0.1, 0.15) is 0 Å². The van der Waals surface area contributed by atoms with E-state index in [0.717, 1.165) is 11.9 Å². The van der Waals surface area contributed by atoms with Crippen LogP contribution in [0.2, 0.25) is 0 Å². The van der Waals surface area contributed by atoms with Crippen molar-refractivity contribution in [1.29, 1.82) is 0 Å². The topological polar surface area (TPSA) is 81.7 Å². The first-order valence-electron chi connectivity index (χ1n) is 8.38. The molecule has 3 N–H and O–H groups in total. The number of anilines is 2. The number of rotatable bonds is 3. The van der Waals surface area contributed by atoms with Crippen molar-refractivity contribution in [3.63, 3.8) is 0 Å². The van der Waals surface area contributed by atoms with Gasteiger partial charge in [0, 0.05) is 23.4 Å². The normalized spacial score (nSPS) is 20.9. The van der Waals surface area contributed by atoms with Crippen molar-refractivity contribution < 1.29 is 27.9 Å². The number of carbonyl (C=O) groups excluding carboxylic acids is 2. The van der Waals surface area contributed by atoms with Gasteiger partial charge in [-0.3, -0.25) is 9.10 Å². The van der Waals surface area contributed by atoms with Gasteiger partial charge < -0.3 is 15.7 Å². The fourth-order valence-corrected chi connectivity index (χ4v) is 4.04. The zero-order valence-corrected chi connectivity index (χ0v) is 15.0. The Balaban J connectivity index is 1.53. The molecular formula is C18H14F3N3O3S. The van der Waals surface area contributed by atoms with E-state index >= 15 is 0 Å². The maximum atomic E-state index is 13.3. The minimum atomic E-state index is -1.61. The SMILES string of the molecule is O=C(Nc1cc(F)c(F)c(F)c1)c1ccc2c(c1)SN(C1CC(O)C1)C(=O)N2. The highest BCUT2D eigenvalue weighted by Crippen LogP contribution is 2.41. The van der Waals surface area contributed by atoms with Crippen LogP contribution in [0.15, 0.2) is 35.2 Å². The van der Waals surface area contributed by atoms with E-state index in [1.54, 1.807) is 6.07 Å². The van der Waals surface area contributed by atoms with Gasteiger partial charge in [-0.2, -0.15) is 0 Å². The summed E-state index contributed by atoms with van der Waals surface area (Å²) in [5, 5.41) is 14.5. The molecule has 1 aliphatic carbocycles. The molecule has 2 aromatic carbocycles. The minimum Gasteiger partial charge on any atom is -0.393 e. The summed E-state index contributed by atoms with van der Waals surface area (Å²) in [7, 11) is 0. The number of benzene rings is 2. The van der Waals surface area contributed by atoms with Crippen molar-refractivity contribution in [2.75, 3.05) is 10.6 Å². The standard InChI is InChI=1S/C18H14F3N3O3S/c19-12-4-9(5-13(20)16(12)21)22-17(26)8-1-2-14-15(3-8)28-24(18(27)23-14)10-6-11(25)7-10/h1-5,10-11,25H,6-7H2,(H,22,26)(H,23,27). The Kier molecular flexibility index (Phi) is 4.68. The molecule has 146 valence electrons. The highest BCUT2D eigenvalue weighted by atomic mass is 32.2. The number of aliphatic hydroxyl groups is 1. The predicted octanol–water partition coefficient (Wildman–Crippen LogP) is 3.73. The lowest BCUT2D eigenvalue weighted by Gasteiger charge is -2.41. The van der Waals surface area contributed by atoms with Crippen molar-refractivity contribution >= 4 is 35.3 Å². The van der Waals surface area contributed by atoms with E-state index in [4.69, 9.17) is 0 Å². The summed E-state index contributed by atoms with van der Waals surface area (Å²) in [4.78, 5) is 25.2. The van der Waals surface area contributed by atoms with Crippen LogP contribution in [-0.2, 0) is 0 Å². The number of aliphatic hydroxyl groups excluding tert-OH is 1. The number of fused-ring (bicyclic) bond motifs is 1. The molecule has 3 amide bonds. The number of amides is 3. The molecule has 1 fully saturated rings. The van der Waals surface area contributed by atoms with Crippen LogP contribution in [0, 0.1) is 17.5 Å². The van der Waals surface area contributed by atoms with Gasteiger partial charge in [-0.1, -0.05) is 0 Å². The summed E-state index contributed by atoms with van der Waals surface area (Å²) in [6.07, 6.45) is 0.545. The van der Waals surface area contributed by atoms with E-state index in [1.165, 1.54) is 16.4 Å². The minimum absolute atomic E-state index is 0.101. The van der Waals surface area contributed by atoms with Crippen LogP contribution in [0.4, 0.5) is 29.3 Å². The summed E-state index contributed by atoms with van der Waals surface area (Å²) in [5.74, 6) is -5.06. The lowest BCUT2D eigenvalue weighted by molar-refractivity contribution is 0.0460. The number of urea groups is 1. The first kappa shape index (κ1) is 18.6. The van der Waals surface area contributed by atoms with E-state index in [-0.39, 0.29) is 23.3 Å². The molecular weight excluding hydrogens is 395 g/mol. The van der Waals surface area contributed by atoms with E-state index < -0.39 is 29.5 Å². The van der Waals surface area contributed by atoms with Crippen LogP contribution in [0.1, 0.15) is 23.2 Å². The third-order valence-corrected chi connectivity index (χ3v) is 5.74. The molecule has 28 heavy (non-hydrogen) atoms. The molecule has 0 spiro atoms. The van der Waals surface area contributed by atoms with E-state index in [2.05, 4.69) is 10.6 Å². The molecule has 0 unspecified atom stereocenters. The Morgan fingerprint density at radius 3 is 2.50 bits per heavy atom. The smallest absolute Gasteiger partial charge is 0.332 e. The zero-order valence-electron chi connectivity index (χ0n) is 14.2. The molecule has 0 atom stereocenters. The lowest BCUT2D eigenvalue weighted by atomic mass is 9.90. The van der Waals surface area contributed by atoms with E-state index in [0.29, 0.717) is 35.6 Å². The highest BCUT2D eigenvalue weighted by Gasteiger charge is 2.38. The van der Waals surface area contributed by atoms with Crippen LogP contribution in [0.25, 0.3) is 0 Å². The molecule has 1 aliphatic heterocycles. The first-order chi connectivity index (χ1) is 13.3. The van der Waals surface area contributed by atoms with E-state index in [1.807, 2.05) is 0 Å². The number of carbonyl (C=O) groups is 2. The van der Waals surface area contributed by atoms with Crippen molar-refractivity contribution in [2.24, 2.45) is 0 Å². The fraction of sp³-hybridized carbons (Fsp3) is 0.222. The van der Waals surface area contributed by atoms with Crippen molar-refractivity contribution in [1.82, 2.24) is 4.31 Å². The average Bonchev–Trinajstić information content (AvgIpc) is 2.62. The summed E-state index contributed by atoms with van der Waals surface area (Å²) in [6.45, 7) is 0. The molecule has 2 aliphatic rings. The van der Waals surface area contributed by atoms with Crippen molar-refractivity contribution in [3.8, 4) is 0 Å². The molecule has 0 radical (unpaired) electrons. The second kappa shape index (κ2) is 7.02. The summed E-state index contributed by atoms with van der Waals surface area (Å²) in [5.41, 5.74) is 0.507. The number of hydrogen-bond acceptors (Lipinski definition) is 4. The molecule has 1 saturated carbocycles. The van der Waals surface area contributed by atoms with Gasteiger partial charge in [-0.05, 0) is 43.0 Å². The largest absolute Gasteiger partial charge is 0.393 e.